The van der Waals surface area contributed by atoms with Crippen LogP contribution in [0, 0.1) is 5.92 Å². The number of halogens is 1. The molecular formula is C12H23ClN4. The van der Waals surface area contributed by atoms with E-state index in [4.69, 9.17) is 11.6 Å². The molecule has 1 heterocycles. The highest BCUT2D eigenvalue weighted by molar-refractivity contribution is 6.18. The van der Waals surface area contributed by atoms with Crippen molar-refractivity contribution in [2.75, 3.05) is 12.4 Å². The van der Waals surface area contributed by atoms with Crippen LogP contribution in [-0.2, 0) is 13.1 Å². The molecule has 0 saturated heterocycles. The first-order valence-corrected chi connectivity index (χ1v) is 6.94. The molecule has 5 heteroatoms. The summed E-state index contributed by atoms with van der Waals surface area (Å²) in [5, 5.41) is 7.59. The molecule has 1 atom stereocenters. The van der Waals surface area contributed by atoms with Crippen molar-refractivity contribution < 1.29 is 0 Å². The summed E-state index contributed by atoms with van der Waals surface area (Å²) in [4.78, 5) is 4.25. The van der Waals surface area contributed by atoms with Crippen LogP contribution >= 0.6 is 11.6 Å². The van der Waals surface area contributed by atoms with Crippen LogP contribution in [-0.4, -0.2) is 27.2 Å². The van der Waals surface area contributed by atoms with Crippen molar-refractivity contribution in [1.82, 2.24) is 20.1 Å². The van der Waals surface area contributed by atoms with E-state index >= 15 is 0 Å². The maximum atomic E-state index is 5.76. The van der Waals surface area contributed by atoms with Gasteiger partial charge in [-0.05, 0) is 31.7 Å². The quantitative estimate of drug-likeness (QED) is 0.547. The smallest absolute Gasteiger partial charge is 0.140 e. The minimum Gasteiger partial charge on any atom is -0.310 e. The van der Waals surface area contributed by atoms with Crippen molar-refractivity contribution in [2.24, 2.45) is 5.92 Å². The summed E-state index contributed by atoms with van der Waals surface area (Å²) < 4.78 is 1.97. The zero-order valence-electron chi connectivity index (χ0n) is 10.8. The van der Waals surface area contributed by atoms with E-state index in [-0.39, 0.29) is 0 Å². The maximum Gasteiger partial charge on any atom is 0.140 e. The topological polar surface area (TPSA) is 42.7 Å². The average Bonchev–Trinajstić information content (AvgIpc) is 2.76. The Morgan fingerprint density at radius 3 is 3.06 bits per heavy atom. The van der Waals surface area contributed by atoms with Gasteiger partial charge >= 0.3 is 0 Å². The first-order valence-electron chi connectivity index (χ1n) is 6.41. The van der Waals surface area contributed by atoms with E-state index in [2.05, 4.69) is 29.2 Å². The summed E-state index contributed by atoms with van der Waals surface area (Å²) in [5.74, 6) is 2.39. The fourth-order valence-electron chi connectivity index (χ4n) is 1.68. The molecule has 1 N–H and O–H groups in total. The lowest BCUT2D eigenvalue weighted by Crippen LogP contribution is -2.19. The number of hydrogen-bond donors (Lipinski definition) is 1. The van der Waals surface area contributed by atoms with Crippen LogP contribution in [0.3, 0.4) is 0 Å². The van der Waals surface area contributed by atoms with Gasteiger partial charge in [0.15, 0.2) is 0 Å². The highest BCUT2D eigenvalue weighted by Crippen LogP contribution is 2.06. The lowest BCUT2D eigenvalue weighted by Gasteiger charge is -2.08. The molecule has 0 aromatic carbocycles. The number of aryl methyl sites for hydroxylation is 1. The molecule has 4 nitrogen and oxygen atoms in total. The summed E-state index contributed by atoms with van der Waals surface area (Å²) in [6, 6.07) is 0. The normalized spacial score (nSPS) is 12.9. The Morgan fingerprint density at radius 2 is 2.35 bits per heavy atom. The third-order valence-corrected chi connectivity index (χ3v) is 3.25. The van der Waals surface area contributed by atoms with Gasteiger partial charge in [0.2, 0.25) is 0 Å². The average molecular weight is 259 g/mol. The Morgan fingerprint density at radius 1 is 1.53 bits per heavy atom. The Balaban J connectivity index is 2.15. The molecule has 0 spiro atoms. The van der Waals surface area contributed by atoms with Gasteiger partial charge in [0.05, 0.1) is 6.54 Å². The standard InChI is InChI=1S/C12H23ClN4/c1-3-7-17-12(15-10-16-17)9-14-6-4-5-11(2)8-13/h10-11,14H,3-9H2,1-2H3. The minimum atomic E-state index is 0.613. The van der Waals surface area contributed by atoms with Crippen molar-refractivity contribution in [3.8, 4) is 0 Å². The van der Waals surface area contributed by atoms with Crippen LogP contribution in [0.1, 0.15) is 38.9 Å². The fraction of sp³-hybridized carbons (Fsp3) is 0.833. The second kappa shape index (κ2) is 8.48. The second-order valence-corrected chi connectivity index (χ2v) is 4.79. The number of hydrogen-bond acceptors (Lipinski definition) is 3. The third-order valence-electron chi connectivity index (χ3n) is 2.73. The Bertz CT molecular complexity index is 300. The Labute approximate surface area is 109 Å². The van der Waals surface area contributed by atoms with E-state index in [1.165, 1.54) is 6.42 Å². The number of aromatic nitrogens is 3. The SMILES string of the molecule is CCCn1ncnc1CNCCCC(C)CCl. The van der Waals surface area contributed by atoms with Gasteiger partial charge < -0.3 is 5.32 Å². The van der Waals surface area contributed by atoms with Crippen LogP contribution in [0.4, 0.5) is 0 Å². The molecule has 0 aliphatic heterocycles. The summed E-state index contributed by atoms with van der Waals surface area (Å²) in [7, 11) is 0. The molecule has 1 unspecified atom stereocenters. The van der Waals surface area contributed by atoms with Crippen molar-refractivity contribution in [2.45, 2.75) is 46.2 Å². The van der Waals surface area contributed by atoms with Gasteiger partial charge in [0.1, 0.15) is 12.2 Å². The predicted molar refractivity (Wildman–Crippen MR) is 71.1 cm³/mol. The van der Waals surface area contributed by atoms with Crippen LogP contribution in [0.2, 0.25) is 0 Å². The van der Waals surface area contributed by atoms with Crippen molar-refractivity contribution in [3.63, 3.8) is 0 Å². The molecule has 98 valence electrons. The van der Waals surface area contributed by atoms with Gasteiger partial charge in [0, 0.05) is 12.4 Å². The van der Waals surface area contributed by atoms with Gasteiger partial charge in [-0.3, -0.25) is 0 Å². The molecule has 17 heavy (non-hydrogen) atoms. The Hall–Kier alpha value is -0.610. The number of alkyl halides is 1. The zero-order valence-corrected chi connectivity index (χ0v) is 11.6. The molecule has 0 amide bonds. The Kier molecular flexibility index (Phi) is 7.21. The van der Waals surface area contributed by atoms with Crippen molar-refractivity contribution in [1.29, 1.82) is 0 Å². The van der Waals surface area contributed by atoms with Crippen molar-refractivity contribution >= 4 is 11.6 Å². The summed E-state index contributed by atoms with van der Waals surface area (Å²) in [6.07, 6.45) is 5.06. The lowest BCUT2D eigenvalue weighted by molar-refractivity contribution is 0.508. The number of nitrogens with zero attached hydrogens (tertiary/aromatic N) is 3. The third kappa shape index (κ3) is 5.50. The monoisotopic (exact) mass is 258 g/mol. The van der Waals surface area contributed by atoms with Gasteiger partial charge in [0.25, 0.3) is 0 Å². The zero-order chi connectivity index (χ0) is 12.5. The minimum absolute atomic E-state index is 0.613. The molecule has 0 bridgehead atoms. The van der Waals surface area contributed by atoms with E-state index in [9.17, 15) is 0 Å². The van der Waals surface area contributed by atoms with Gasteiger partial charge in [-0.1, -0.05) is 13.8 Å². The highest BCUT2D eigenvalue weighted by atomic mass is 35.5. The molecule has 1 rings (SSSR count). The summed E-state index contributed by atoms with van der Waals surface area (Å²) in [5.41, 5.74) is 0. The van der Waals surface area contributed by atoms with E-state index in [1.807, 2.05) is 4.68 Å². The van der Waals surface area contributed by atoms with E-state index in [0.29, 0.717) is 5.92 Å². The highest BCUT2D eigenvalue weighted by Gasteiger charge is 2.03. The molecule has 0 aliphatic rings. The van der Waals surface area contributed by atoms with E-state index < -0.39 is 0 Å². The molecule has 0 saturated carbocycles. The summed E-state index contributed by atoms with van der Waals surface area (Å²) in [6.45, 7) is 7.09. The number of nitrogens with one attached hydrogen (secondary N) is 1. The van der Waals surface area contributed by atoms with Crippen LogP contribution in [0.25, 0.3) is 0 Å². The molecule has 1 aromatic heterocycles. The molecule has 1 aromatic rings. The fourth-order valence-corrected chi connectivity index (χ4v) is 1.83. The van der Waals surface area contributed by atoms with Crippen LogP contribution < -0.4 is 5.32 Å². The maximum absolute atomic E-state index is 5.76. The van der Waals surface area contributed by atoms with Gasteiger partial charge in [-0.25, -0.2) is 9.67 Å². The van der Waals surface area contributed by atoms with Crippen LogP contribution in [0.5, 0.6) is 0 Å². The molecular weight excluding hydrogens is 236 g/mol. The lowest BCUT2D eigenvalue weighted by atomic mass is 10.1. The largest absolute Gasteiger partial charge is 0.310 e. The van der Waals surface area contributed by atoms with Crippen molar-refractivity contribution in [3.05, 3.63) is 12.2 Å². The van der Waals surface area contributed by atoms with E-state index in [1.54, 1.807) is 6.33 Å². The van der Waals surface area contributed by atoms with Crippen LogP contribution in [0.15, 0.2) is 6.33 Å². The predicted octanol–water partition coefficient (Wildman–Crippen LogP) is 2.43. The molecule has 0 aliphatic carbocycles. The summed E-state index contributed by atoms with van der Waals surface area (Å²) >= 11 is 5.76. The molecule has 0 fully saturated rings. The first kappa shape index (κ1) is 14.5. The van der Waals surface area contributed by atoms with Gasteiger partial charge in [-0.2, -0.15) is 5.10 Å². The first-order chi connectivity index (χ1) is 8.27. The molecule has 0 radical (unpaired) electrons. The number of rotatable bonds is 9. The van der Waals surface area contributed by atoms with Gasteiger partial charge in [-0.15, -0.1) is 11.6 Å². The van der Waals surface area contributed by atoms with E-state index in [0.717, 1.165) is 44.2 Å². The second-order valence-electron chi connectivity index (χ2n) is 4.48.